The second-order valence-corrected chi connectivity index (χ2v) is 9.65. The summed E-state index contributed by atoms with van der Waals surface area (Å²) in [5, 5.41) is 5.61. The fourth-order valence-corrected chi connectivity index (χ4v) is 5.24. The number of hydrogen-bond donors (Lipinski definition) is 0. The first-order valence-electron chi connectivity index (χ1n) is 11.8. The van der Waals surface area contributed by atoms with Crippen LogP contribution in [-0.4, -0.2) is 57.7 Å². The quantitative estimate of drug-likeness (QED) is 0.470. The monoisotopic (exact) mass is 488 g/mol. The van der Waals surface area contributed by atoms with E-state index < -0.39 is 0 Å². The van der Waals surface area contributed by atoms with Crippen molar-refractivity contribution in [2.24, 2.45) is 4.99 Å². The van der Waals surface area contributed by atoms with Crippen molar-refractivity contribution in [3.05, 3.63) is 71.3 Å². The summed E-state index contributed by atoms with van der Waals surface area (Å²) in [6.45, 7) is 8.11. The number of amidine groups is 1. The number of amides is 1. The second kappa shape index (κ2) is 10.1. The largest absolute Gasteiger partial charge is 0.494 e. The van der Waals surface area contributed by atoms with Gasteiger partial charge in [0.05, 0.1) is 35.1 Å². The molecule has 35 heavy (non-hydrogen) atoms. The van der Waals surface area contributed by atoms with E-state index in [1.54, 1.807) is 0 Å². The van der Waals surface area contributed by atoms with Crippen molar-refractivity contribution in [2.45, 2.75) is 33.0 Å². The number of thioether (sulfide) groups is 1. The molecule has 0 N–H and O–H groups in total. The van der Waals surface area contributed by atoms with Gasteiger partial charge in [0.1, 0.15) is 5.75 Å². The summed E-state index contributed by atoms with van der Waals surface area (Å²) in [5.74, 6) is 0.592. The fourth-order valence-electron chi connectivity index (χ4n) is 4.31. The number of benzene rings is 2. The molecule has 2 aliphatic rings. The van der Waals surface area contributed by atoms with Gasteiger partial charge in [-0.3, -0.25) is 4.79 Å². The van der Waals surface area contributed by atoms with E-state index in [4.69, 9.17) is 14.6 Å². The van der Waals surface area contributed by atoms with Gasteiger partial charge in [0.2, 0.25) is 0 Å². The number of hydrogen-bond acceptors (Lipinski definition) is 6. The molecule has 5 rings (SSSR count). The zero-order valence-electron chi connectivity index (χ0n) is 20.0. The van der Waals surface area contributed by atoms with E-state index in [-0.39, 0.29) is 18.1 Å². The summed E-state index contributed by atoms with van der Waals surface area (Å²) < 4.78 is 13.3. The predicted molar refractivity (Wildman–Crippen MR) is 140 cm³/mol. The molecule has 1 saturated heterocycles. The Balaban J connectivity index is 1.48. The van der Waals surface area contributed by atoms with Crippen LogP contribution < -0.4 is 4.74 Å². The number of carbonyl (C=O) groups excluding carboxylic acids is 1. The molecule has 0 unspecified atom stereocenters. The third-order valence-electron chi connectivity index (χ3n) is 5.79. The average Bonchev–Trinajstić information content (AvgIpc) is 3.44. The molecule has 1 aromatic heterocycles. The second-order valence-electron chi connectivity index (χ2n) is 8.64. The molecule has 180 valence electrons. The molecular formula is C27H28N4O3S. The van der Waals surface area contributed by atoms with E-state index in [1.165, 1.54) is 11.8 Å². The third kappa shape index (κ3) is 5.18. The number of aromatic nitrogens is 2. The van der Waals surface area contributed by atoms with Gasteiger partial charge in [0.25, 0.3) is 5.91 Å². The fraction of sp³-hybridized carbons (Fsp3) is 0.296. The molecule has 0 spiro atoms. The Morgan fingerprint density at radius 3 is 2.49 bits per heavy atom. The maximum Gasteiger partial charge on any atom is 0.286 e. The van der Waals surface area contributed by atoms with Crippen molar-refractivity contribution in [3.8, 4) is 22.7 Å². The Labute approximate surface area is 209 Å². The SMILES string of the molecule is CCOc1ccc(-c2nn(-c3ccccc3)cc2/C=C2\SC(N3C[C@@H](C)O[C@@H](C)C3)=NC2=O)cc1. The molecule has 3 heterocycles. The molecule has 1 amide bonds. The van der Waals surface area contributed by atoms with Crippen LogP contribution in [0.3, 0.4) is 0 Å². The van der Waals surface area contributed by atoms with Crippen molar-refractivity contribution in [3.63, 3.8) is 0 Å². The van der Waals surface area contributed by atoms with Gasteiger partial charge in [-0.15, -0.1) is 0 Å². The summed E-state index contributed by atoms with van der Waals surface area (Å²) >= 11 is 1.42. The van der Waals surface area contributed by atoms with Gasteiger partial charge in [0.15, 0.2) is 5.17 Å². The maximum atomic E-state index is 12.9. The molecule has 0 radical (unpaired) electrons. The minimum atomic E-state index is -0.220. The lowest BCUT2D eigenvalue weighted by Crippen LogP contribution is -2.47. The highest BCUT2D eigenvalue weighted by molar-refractivity contribution is 8.18. The summed E-state index contributed by atoms with van der Waals surface area (Å²) in [4.78, 5) is 19.9. The number of aliphatic imine (C=N–C) groups is 1. The first-order chi connectivity index (χ1) is 17.0. The first kappa shape index (κ1) is 23.4. The normalized spacial score (nSPS) is 21.5. The lowest BCUT2D eigenvalue weighted by Gasteiger charge is -2.35. The van der Waals surface area contributed by atoms with Crippen LogP contribution in [0.15, 0.2) is 70.7 Å². The molecule has 1 fully saturated rings. The molecule has 3 aromatic rings. The topological polar surface area (TPSA) is 68.9 Å². The van der Waals surface area contributed by atoms with Gasteiger partial charge >= 0.3 is 0 Å². The average molecular weight is 489 g/mol. The number of para-hydroxylation sites is 1. The van der Waals surface area contributed by atoms with Crippen LogP contribution in [-0.2, 0) is 9.53 Å². The third-order valence-corrected chi connectivity index (χ3v) is 6.83. The van der Waals surface area contributed by atoms with Crippen LogP contribution in [0.1, 0.15) is 26.3 Å². The van der Waals surface area contributed by atoms with Crippen molar-refractivity contribution in [1.29, 1.82) is 0 Å². The summed E-state index contributed by atoms with van der Waals surface area (Å²) in [6.07, 6.45) is 4.05. The van der Waals surface area contributed by atoms with Crippen LogP contribution in [0.25, 0.3) is 23.0 Å². The molecule has 0 aliphatic carbocycles. The highest BCUT2D eigenvalue weighted by Gasteiger charge is 2.31. The zero-order chi connectivity index (χ0) is 24.4. The van der Waals surface area contributed by atoms with E-state index in [0.29, 0.717) is 11.5 Å². The van der Waals surface area contributed by atoms with Crippen molar-refractivity contribution < 1.29 is 14.3 Å². The number of nitrogens with zero attached hydrogens (tertiary/aromatic N) is 4. The standard InChI is InChI=1S/C27H28N4O3S/c1-4-33-23-12-10-20(11-13-23)25-21(17-31(29-25)22-8-6-5-7-9-22)14-24-26(32)28-27(35-24)30-15-18(2)34-19(3)16-30/h5-14,17-19H,4,15-16H2,1-3H3/b24-14-/t18-,19+. The van der Waals surface area contributed by atoms with Gasteiger partial charge in [-0.05, 0) is 75.0 Å². The summed E-state index contributed by atoms with van der Waals surface area (Å²) in [5.41, 5.74) is 3.54. The Morgan fingerprint density at radius 1 is 1.09 bits per heavy atom. The van der Waals surface area contributed by atoms with Crippen LogP contribution in [0.5, 0.6) is 5.75 Å². The lowest BCUT2D eigenvalue weighted by atomic mass is 10.1. The molecular weight excluding hydrogens is 460 g/mol. The van der Waals surface area contributed by atoms with Crippen LogP contribution in [0.2, 0.25) is 0 Å². The molecule has 7 nitrogen and oxygen atoms in total. The minimum Gasteiger partial charge on any atom is -0.494 e. The molecule has 0 saturated carbocycles. The van der Waals surface area contributed by atoms with Crippen molar-refractivity contribution in [2.75, 3.05) is 19.7 Å². The summed E-state index contributed by atoms with van der Waals surface area (Å²) in [6, 6.07) is 17.8. The van der Waals surface area contributed by atoms with Crippen LogP contribution >= 0.6 is 11.8 Å². The van der Waals surface area contributed by atoms with Crippen LogP contribution in [0, 0.1) is 0 Å². The van der Waals surface area contributed by atoms with Crippen LogP contribution in [0.4, 0.5) is 0 Å². The van der Waals surface area contributed by atoms with E-state index >= 15 is 0 Å². The molecule has 0 bridgehead atoms. The highest BCUT2D eigenvalue weighted by Crippen LogP contribution is 2.34. The Kier molecular flexibility index (Phi) is 6.74. The van der Waals surface area contributed by atoms with Gasteiger partial charge in [-0.1, -0.05) is 18.2 Å². The maximum absolute atomic E-state index is 12.9. The smallest absolute Gasteiger partial charge is 0.286 e. The number of rotatable bonds is 5. The van der Waals surface area contributed by atoms with Gasteiger partial charge in [0, 0.05) is 30.4 Å². The number of ether oxygens (including phenoxy) is 2. The van der Waals surface area contributed by atoms with Gasteiger partial charge < -0.3 is 14.4 Å². The Hall–Kier alpha value is -3.36. The lowest BCUT2D eigenvalue weighted by molar-refractivity contribution is -0.113. The van der Waals surface area contributed by atoms with E-state index in [0.717, 1.165) is 46.5 Å². The molecule has 2 atom stereocenters. The van der Waals surface area contributed by atoms with E-state index in [1.807, 2.05) is 92.3 Å². The molecule has 2 aromatic carbocycles. The number of carbonyl (C=O) groups is 1. The van der Waals surface area contributed by atoms with E-state index in [2.05, 4.69) is 9.89 Å². The molecule has 8 heteroatoms. The minimum absolute atomic E-state index is 0.0977. The van der Waals surface area contributed by atoms with Gasteiger partial charge in [-0.2, -0.15) is 10.1 Å². The zero-order valence-corrected chi connectivity index (χ0v) is 20.9. The van der Waals surface area contributed by atoms with Gasteiger partial charge in [-0.25, -0.2) is 4.68 Å². The predicted octanol–water partition coefficient (Wildman–Crippen LogP) is 5.02. The first-order valence-corrected chi connectivity index (χ1v) is 12.6. The number of morpholine rings is 1. The highest BCUT2D eigenvalue weighted by atomic mass is 32.2. The Morgan fingerprint density at radius 2 is 1.80 bits per heavy atom. The molecule has 2 aliphatic heterocycles. The summed E-state index contributed by atoms with van der Waals surface area (Å²) in [7, 11) is 0. The Bertz CT molecular complexity index is 1260. The van der Waals surface area contributed by atoms with Crippen molar-refractivity contribution in [1.82, 2.24) is 14.7 Å². The van der Waals surface area contributed by atoms with Crippen molar-refractivity contribution >= 4 is 28.9 Å². The van der Waals surface area contributed by atoms with E-state index in [9.17, 15) is 4.79 Å².